The first kappa shape index (κ1) is 76.2. The maximum Gasteiger partial charge on any atom is 0.347 e. The summed E-state index contributed by atoms with van der Waals surface area (Å²) in [6.07, 6.45) is -1.46. The molecule has 8 atom stereocenters. The van der Waals surface area contributed by atoms with Gasteiger partial charge < -0.3 is 52.1 Å². The molecule has 0 amide bonds. The van der Waals surface area contributed by atoms with Gasteiger partial charge in [-0.2, -0.15) is 0 Å². The normalized spacial score (nSPS) is 14.5. The van der Waals surface area contributed by atoms with E-state index in [9.17, 15) is 47.9 Å². The minimum absolute atomic E-state index is 0.0276. The van der Waals surface area contributed by atoms with Gasteiger partial charge in [-0.25, -0.2) is 24.0 Å². The van der Waals surface area contributed by atoms with Gasteiger partial charge in [-0.05, 0) is 89.4 Å². The Bertz CT molecular complexity index is 1760. The number of hydrogen-bond donors (Lipinski definition) is 0. The summed E-state index contributed by atoms with van der Waals surface area (Å²) in [5.41, 5.74) is 0.128. The first-order valence-corrected chi connectivity index (χ1v) is 25.1. The van der Waals surface area contributed by atoms with Crippen LogP contribution in [-0.2, 0) is 100 Å². The van der Waals surface area contributed by atoms with Crippen molar-refractivity contribution < 1.29 is 100 Å². The molecule has 0 aliphatic heterocycles. The summed E-state index contributed by atoms with van der Waals surface area (Å²) in [5, 5.41) is 0. The third-order valence-electron chi connectivity index (χ3n) is 9.37. The lowest BCUT2D eigenvalue weighted by molar-refractivity contribution is -0.175. The van der Waals surface area contributed by atoms with Crippen molar-refractivity contribution in [1.82, 2.24) is 0 Å². The summed E-state index contributed by atoms with van der Waals surface area (Å²) in [5.74, 6) is -6.12. The van der Waals surface area contributed by atoms with Gasteiger partial charge in [0.25, 0.3) is 0 Å². The highest BCUT2D eigenvalue weighted by molar-refractivity contribution is 5.82. The van der Waals surface area contributed by atoms with Crippen LogP contribution in [0.2, 0.25) is 0 Å². The molecule has 0 bridgehead atoms. The van der Waals surface area contributed by atoms with Gasteiger partial charge >= 0.3 is 59.7 Å². The molecule has 0 fully saturated rings. The van der Waals surface area contributed by atoms with Crippen LogP contribution in [0.5, 0.6) is 0 Å². The SMILES string of the molecule is CC(=O)OC(C)C(=O)OCC(=O)OCCC(C)(C)C.CC(=O)OC(C)COC(C)CC(C)(C)C.CC(=O)OCC(=O)OC(C)C(=O)OC(C)CC(C)(C)C.CC(=O)OCC(C)OC(=O)C(C)OC(=O)C(C)C(C)(C)C. The van der Waals surface area contributed by atoms with Gasteiger partial charge in [0.15, 0.2) is 31.5 Å². The van der Waals surface area contributed by atoms with Crippen molar-refractivity contribution in [1.29, 1.82) is 0 Å². The quantitative estimate of drug-likeness (QED) is 0.0689. The smallest absolute Gasteiger partial charge is 0.347 e. The molecular formula is C54H96O21. The van der Waals surface area contributed by atoms with E-state index in [1.165, 1.54) is 48.5 Å². The van der Waals surface area contributed by atoms with Gasteiger partial charge in [-0.1, -0.05) is 90.0 Å². The second kappa shape index (κ2) is 37.4. The number of esters is 10. The summed E-state index contributed by atoms with van der Waals surface area (Å²) in [4.78, 5) is 112. The molecule has 438 valence electrons. The van der Waals surface area contributed by atoms with Crippen LogP contribution in [0.25, 0.3) is 0 Å². The maximum atomic E-state index is 11.9. The van der Waals surface area contributed by atoms with Crippen LogP contribution in [0.15, 0.2) is 0 Å². The van der Waals surface area contributed by atoms with Crippen molar-refractivity contribution >= 4 is 59.7 Å². The number of ether oxygens (including phenoxy) is 11. The summed E-state index contributed by atoms with van der Waals surface area (Å²) >= 11 is 0. The highest BCUT2D eigenvalue weighted by Gasteiger charge is 2.32. The molecule has 0 spiro atoms. The summed E-state index contributed by atoms with van der Waals surface area (Å²) in [6, 6.07) is 0. The first-order valence-electron chi connectivity index (χ1n) is 25.1. The van der Waals surface area contributed by atoms with Crippen molar-refractivity contribution in [2.24, 2.45) is 27.6 Å². The molecule has 0 heterocycles. The van der Waals surface area contributed by atoms with Gasteiger partial charge in [-0.15, -0.1) is 0 Å². The zero-order chi connectivity index (χ0) is 59.8. The minimum Gasteiger partial charge on any atom is -0.463 e. The molecule has 0 N–H and O–H groups in total. The summed E-state index contributed by atoms with van der Waals surface area (Å²) in [7, 11) is 0. The Labute approximate surface area is 447 Å². The van der Waals surface area contributed by atoms with Crippen LogP contribution in [0.1, 0.15) is 185 Å². The van der Waals surface area contributed by atoms with Gasteiger partial charge in [-0.3, -0.25) is 24.0 Å². The molecule has 0 aliphatic carbocycles. The average molecular weight is 1080 g/mol. The van der Waals surface area contributed by atoms with Crippen LogP contribution in [-0.4, -0.2) is 135 Å². The van der Waals surface area contributed by atoms with E-state index in [-0.39, 0.29) is 65.1 Å². The molecule has 21 nitrogen and oxygen atoms in total. The van der Waals surface area contributed by atoms with Gasteiger partial charge in [0.1, 0.15) is 18.8 Å². The second-order valence-corrected chi connectivity index (χ2v) is 22.9. The fourth-order valence-electron chi connectivity index (χ4n) is 5.47. The third kappa shape index (κ3) is 50.6. The molecule has 0 rings (SSSR count). The molecule has 0 aromatic rings. The van der Waals surface area contributed by atoms with Crippen molar-refractivity contribution in [2.45, 2.75) is 228 Å². The van der Waals surface area contributed by atoms with Gasteiger partial charge in [0.05, 0.1) is 31.3 Å². The molecule has 75 heavy (non-hydrogen) atoms. The van der Waals surface area contributed by atoms with E-state index < -0.39 is 91.4 Å². The fourth-order valence-corrected chi connectivity index (χ4v) is 5.47. The zero-order valence-electron chi connectivity index (χ0n) is 49.8. The second-order valence-electron chi connectivity index (χ2n) is 22.9. The van der Waals surface area contributed by atoms with Crippen molar-refractivity contribution in [3.8, 4) is 0 Å². The Hall–Kier alpha value is -5.34. The van der Waals surface area contributed by atoms with Crippen molar-refractivity contribution in [3.63, 3.8) is 0 Å². The molecule has 8 unspecified atom stereocenters. The summed E-state index contributed by atoms with van der Waals surface area (Å²) in [6.45, 7) is 42.6. The van der Waals surface area contributed by atoms with Crippen LogP contribution >= 0.6 is 0 Å². The predicted molar refractivity (Wildman–Crippen MR) is 276 cm³/mol. The standard InChI is InChI=1S/C15H26O6.C14H24O6.C13H22O6.C12H24O3/c1-9(8-19-12(4)16)20-14(18)11(3)21-13(17)10(2)15(5,6)7;1-9(7-14(4,5)6)19-13(17)10(2)20-12(16)8-18-11(3)15;1-9(19-10(2)14)12(16)18-8-11(15)17-7-6-13(3,4)5;1-9(7-12(4,5)6)14-8-10(2)15-11(3)13/h9-11H,8H2,1-7H3;9-10H,7-8H2,1-6H3;9H,6-8H2,1-5H3;9-10H,7-8H2,1-6H3. The van der Waals surface area contributed by atoms with Crippen molar-refractivity contribution in [3.05, 3.63) is 0 Å². The summed E-state index contributed by atoms with van der Waals surface area (Å²) < 4.78 is 54.1. The van der Waals surface area contributed by atoms with Crippen LogP contribution in [0.3, 0.4) is 0 Å². The Morgan fingerprint density at radius 2 is 0.773 bits per heavy atom. The van der Waals surface area contributed by atoms with E-state index in [1.807, 2.05) is 76.2 Å². The minimum atomic E-state index is -1.03. The van der Waals surface area contributed by atoms with Gasteiger partial charge in [0.2, 0.25) is 0 Å². The van der Waals surface area contributed by atoms with E-state index in [1.54, 1.807) is 20.8 Å². The van der Waals surface area contributed by atoms with E-state index in [0.29, 0.717) is 13.0 Å². The van der Waals surface area contributed by atoms with E-state index in [0.717, 1.165) is 12.8 Å². The lowest BCUT2D eigenvalue weighted by Gasteiger charge is -2.26. The Kier molecular flexibility index (Phi) is 38.0. The van der Waals surface area contributed by atoms with E-state index in [4.69, 9.17) is 37.9 Å². The Balaban J connectivity index is -0.000000451. The third-order valence-corrected chi connectivity index (χ3v) is 9.37. The number of carbonyl (C=O) groups excluding carboxylic acids is 10. The monoisotopic (exact) mass is 1080 g/mol. The highest BCUT2D eigenvalue weighted by atomic mass is 16.6. The van der Waals surface area contributed by atoms with Crippen molar-refractivity contribution in [2.75, 3.05) is 33.0 Å². The van der Waals surface area contributed by atoms with E-state index >= 15 is 0 Å². The zero-order valence-corrected chi connectivity index (χ0v) is 49.8. The van der Waals surface area contributed by atoms with Gasteiger partial charge in [0, 0.05) is 27.7 Å². The van der Waals surface area contributed by atoms with E-state index in [2.05, 4.69) is 35.0 Å². The molecule has 0 radical (unpaired) electrons. The highest BCUT2D eigenvalue weighted by Crippen LogP contribution is 2.27. The lowest BCUT2D eigenvalue weighted by atomic mass is 9.82. The molecule has 0 aromatic heterocycles. The Morgan fingerprint density at radius 3 is 1.20 bits per heavy atom. The lowest BCUT2D eigenvalue weighted by Crippen LogP contribution is -2.35. The molecule has 0 aliphatic rings. The molecule has 0 aromatic carbocycles. The first-order chi connectivity index (χ1) is 33.8. The number of rotatable bonds is 23. The predicted octanol–water partition coefficient (Wildman–Crippen LogP) is 8.18. The largest absolute Gasteiger partial charge is 0.463 e. The number of hydrogen-bond acceptors (Lipinski definition) is 21. The average Bonchev–Trinajstić information content (AvgIpc) is 3.21. The molecule has 0 saturated carbocycles. The van der Waals surface area contributed by atoms with Crippen LogP contribution in [0.4, 0.5) is 0 Å². The topological polar surface area (TPSA) is 272 Å². The van der Waals surface area contributed by atoms with Crippen LogP contribution in [0, 0.1) is 27.6 Å². The van der Waals surface area contributed by atoms with Crippen LogP contribution < -0.4 is 0 Å². The number of carbonyl (C=O) groups is 10. The fraction of sp³-hybridized carbons (Fsp3) is 0.815. The maximum absolute atomic E-state index is 11.9. The molecule has 21 heteroatoms. The molecule has 0 saturated heterocycles. The molecular weight excluding hydrogens is 985 g/mol. The Morgan fingerprint density at radius 1 is 0.360 bits per heavy atom.